The number of hydrogen-bond acceptors (Lipinski definition) is 5. The van der Waals surface area contributed by atoms with Crippen molar-refractivity contribution < 1.29 is 10.2 Å². The molecule has 22 heavy (non-hydrogen) atoms. The lowest BCUT2D eigenvalue weighted by molar-refractivity contribution is 0.0957. The van der Waals surface area contributed by atoms with Crippen molar-refractivity contribution in [3.05, 3.63) is 42.0 Å². The molecule has 1 atom stereocenters. The monoisotopic (exact) mass is 301 g/mol. The van der Waals surface area contributed by atoms with Crippen LogP contribution in [0.1, 0.15) is 5.56 Å². The summed E-state index contributed by atoms with van der Waals surface area (Å²) in [5.74, 6) is 0. The van der Waals surface area contributed by atoms with Gasteiger partial charge in [-0.05, 0) is 41.0 Å². The maximum atomic E-state index is 9.75. The normalized spacial score (nSPS) is 12.2. The van der Waals surface area contributed by atoms with E-state index in [1.54, 1.807) is 6.07 Å². The van der Waals surface area contributed by atoms with Gasteiger partial charge >= 0.3 is 0 Å². The van der Waals surface area contributed by atoms with Crippen LogP contribution < -0.4 is 16.4 Å². The molecule has 1 unspecified atom stereocenters. The number of hydrogen-bond donors (Lipinski definition) is 4. The molecule has 5 nitrogen and oxygen atoms in total. The number of benzene rings is 2. The molecule has 0 fully saturated rings. The quantitative estimate of drug-likeness (QED) is 0.627. The molecule has 0 spiro atoms. The van der Waals surface area contributed by atoms with Crippen LogP contribution in [0.25, 0.3) is 11.1 Å². The third-order valence-electron chi connectivity index (χ3n) is 3.65. The highest BCUT2D eigenvalue weighted by molar-refractivity contribution is 5.78. The van der Waals surface area contributed by atoms with E-state index in [2.05, 4.69) is 0 Å². The van der Waals surface area contributed by atoms with Crippen LogP contribution in [0.2, 0.25) is 0 Å². The van der Waals surface area contributed by atoms with Crippen molar-refractivity contribution in [1.82, 2.24) is 0 Å². The fourth-order valence-electron chi connectivity index (χ4n) is 2.44. The van der Waals surface area contributed by atoms with Gasteiger partial charge in [0.15, 0.2) is 0 Å². The molecule has 2 aromatic rings. The van der Waals surface area contributed by atoms with Crippen LogP contribution in [0.15, 0.2) is 36.4 Å². The standard InChI is InChI=1S/C17H23N3O2/c1-20(2)13-5-3-11(4-6-13)15-7-12(18)8-17(19)16(15)9-14(22)10-21/h3-8,14,21-22H,9-10,18-19H2,1-2H3. The molecular formula is C17H23N3O2. The fourth-order valence-corrected chi connectivity index (χ4v) is 2.44. The minimum atomic E-state index is -0.842. The van der Waals surface area contributed by atoms with E-state index in [9.17, 15) is 5.11 Å². The third-order valence-corrected chi connectivity index (χ3v) is 3.65. The average molecular weight is 301 g/mol. The summed E-state index contributed by atoms with van der Waals surface area (Å²) in [7, 11) is 3.97. The summed E-state index contributed by atoms with van der Waals surface area (Å²) in [6.45, 7) is -0.303. The molecule has 0 aliphatic carbocycles. The van der Waals surface area contributed by atoms with Crippen molar-refractivity contribution in [1.29, 1.82) is 0 Å². The lowest BCUT2D eigenvalue weighted by Gasteiger charge is -2.17. The van der Waals surface area contributed by atoms with E-state index in [0.717, 1.165) is 22.4 Å². The Kier molecular flexibility index (Phi) is 4.90. The maximum Gasteiger partial charge on any atom is 0.0812 e. The Labute approximate surface area is 130 Å². The maximum absolute atomic E-state index is 9.75. The first-order valence-corrected chi connectivity index (χ1v) is 7.17. The number of aliphatic hydroxyl groups excluding tert-OH is 2. The molecule has 0 saturated carbocycles. The summed E-state index contributed by atoms with van der Waals surface area (Å²) in [5.41, 5.74) is 16.8. The highest BCUT2D eigenvalue weighted by atomic mass is 16.3. The van der Waals surface area contributed by atoms with Crippen molar-refractivity contribution in [2.45, 2.75) is 12.5 Å². The van der Waals surface area contributed by atoms with Crippen LogP contribution in [0.4, 0.5) is 17.1 Å². The topological polar surface area (TPSA) is 95.7 Å². The lowest BCUT2D eigenvalue weighted by atomic mass is 9.93. The largest absolute Gasteiger partial charge is 0.399 e. The summed E-state index contributed by atoms with van der Waals surface area (Å²) in [6.07, 6.45) is -0.557. The van der Waals surface area contributed by atoms with Gasteiger partial charge in [-0.15, -0.1) is 0 Å². The molecule has 5 heteroatoms. The Bertz CT molecular complexity index is 639. The lowest BCUT2D eigenvalue weighted by Crippen LogP contribution is -2.17. The van der Waals surface area contributed by atoms with E-state index < -0.39 is 6.10 Å². The van der Waals surface area contributed by atoms with Gasteiger partial charge in [-0.2, -0.15) is 0 Å². The van der Waals surface area contributed by atoms with Crippen molar-refractivity contribution in [2.24, 2.45) is 0 Å². The van der Waals surface area contributed by atoms with E-state index in [1.807, 2.05) is 49.3 Å². The summed E-state index contributed by atoms with van der Waals surface area (Å²) in [6, 6.07) is 11.6. The number of nitrogens with two attached hydrogens (primary N) is 2. The number of aliphatic hydroxyl groups is 2. The first kappa shape index (κ1) is 16.1. The molecular weight excluding hydrogens is 278 g/mol. The van der Waals surface area contributed by atoms with Gasteiger partial charge in [0.2, 0.25) is 0 Å². The molecule has 118 valence electrons. The van der Waals surface area contributed by atoms with Crippen molar-refractivity contribution >= 4 is 17.1 Å². The minimum Gasteiger partial charge on any atom is -0.399 e. The van der Waals surface area contributed by atoms with Crippen molar-refractivity contribution in [2.75, 3.05) is 37.1 Å². The SMILES string of the molecule is CN(C)c1ccc(-c2cc(N)cc(N)c2CC(O)CO)cc1. The van der Waals surface area contributed by atoms with Crippen molar-refractivity contribution in [3.63, 3.8) is 0 Å². The molecule has 2 aromatic carbocycles. The van der Waals surface area contributed by atoms with Gasteiger partial charge < -0.3 is 26.6 Å². The zero-order valence-corrected chi connectivity index (χ0v) is 13.0. The number of nitrogen functional groups attached to an aromatic ring is 2. The van der Waals surface area contributed by atoms with E-state index >= 15 is 0 Å². The Hall–Kier alpha value is -2.24. The van der Waals surface area contributed by atoms with Gasteiger partial charge in [0, 0.05) is 37.6 Å². The molecule has 0 saturated heterocycles. The van der Waals surface area contributed by atoms with Gasteiger partial charge in [0.25, 0.3) is 0 Å². The van der Waals surface area contributed by atoms with E-state index in [0.29, 0.717) is 11.4 Å². The minimum absolute atomic E-state index is 0.285. The summed E-state index contributed by atoms with van der Waals surface area (Å²) < 4.78 is 0. The van der Waals surface area contributed by atoms with Gasteiger partial charge in [-0.1, -0.05) is 12.1 Å². The van der Waals surface area contributed by atoms with E-state index in [-0.39, 0.29) is 13.0 Å². The summed E-state index contributed by atoms with van der Waals surface area (Å²) in [5, 5.41) is 18.8. The van der Waals surface area contributed by atoms with Crippen LogP contribution in [0, 0.1) is 0 Å². The number of rotatable bonds is 5. The summed E-state index contributed by atoms with van der Waals surface area (Å²) >= 11 is 0. The van der Waals surface area contributed by atoms with Crippen LogP contribution in [0.3, 0.4) is 0 Å². The zero-order chi connectivity index (χ0) is 16.3. The Balaban J connectivity index is 2.48. The van der Waals surface area contributed by atoms with E-state index in [1.165, 1.54) is 0 Å². The number of nitrogens with zero attached hydrogens (tertiary/aromatic N) is 1. The Morgan fingerprint density at radius 1 is 1.09 bits per heavy atom. The molecule has 0 radical (unpaired) electrons. The van der Waals surface area contributed by atoms with Crippen LogP contribution >= 0.6 is 0 Å². The molecule has 0 aliphatic rings. The van der Waals surface area contributed by atoms with Crippen molar-refractivity contribution in [3.8, 4) is 11.1 Å². The highest BCUT2D eigenvalue weighted by Crippen LogP contribution is 2.32. The molecule has 0 aromatic heterocycles. The molecule has 0 aliphatic heterocycles. The third kappa shape index (κ3) is 3.50. The fraction of sp³-hybridized carbons (Fsp3) is 0.294. The zero-order valence-electron chi connectivity index (χ0n) is 13.0. The smallest absolute Gasteiger partial charge is 0.0812 e. The first-order chi connectivity index (χ1) is 10.4. The predicted octanol–water partition coefficient (Wildman–Crippen LogP) is 1.48. The Morgan fingerprint density at radius 2 is 1.73 bits per heavy atom. The molecule has 0 heterocycles. The molecule has 2 rings (SSSR count). The first-order valence-electron chi connectivity index (χ1n) is 7.17. The molecule has 0 bridgehead atoms. The second-order valence-corrected chi connectivity index (χ2v) is 5.62. The van der Waals surface area contributed by atoms with Crippen LogP contribution in [-0.2, 0) is 6.42 Å². The molecule has 6 N–H and O–H groups in total. The van der Waals surface area contributed by atoms with Gasteiger partial charge in [0.05, 0.1) is 12.7 Å². The predicted molar refractivity (Wildman–Crippen MR) is 91.8 cm³/mol. The van der Waals surface area contributed by atoms with E-state index in [4.69, 9.17) is 16.6 Å². The molecule has 0 amide bonds. The van der Waals surface area contributed by atoms with Gasteiger partial charge in [-0.3, -0.25) is 0 Å². The van der Waals surface area contributed by atoms with Crippen LogP contribution in [0.5, 0.6) is 0 Å². The van der Waals surface area contributed by atoms with Crippen LogP contribution in [-0.4, -0.2) is 37.0 Å². The van der Waals surface area contributed by atoms with Gasteiger partial charge in [0.1, 0.15) is 0 Å². The number of anilines is 3. The second-order valence-electron chi connectivity index (χ2n) is 5.62. The Morgan fingerprint density at radius 3 is 2.27 bits per heavy atom. The summed E-state index contributed by atoms with van der Waals surface area (Å²) in [4.78, 5) is 2.02. The highest BCUT2D eigenvalue weighted by Gasteiger charge is 2.14. The average Bonchev–Trinajstić information content (AvgIpc) is 2.49. The van der Waals surface area contributed by atoms with Gasteiger partial charge in [-0.25, -0.2) is 0 Å². The second kappa shape index (κ2) is 6.68.